The molecule has 0 saturated heterocycles. The minimum atomic E-state index is 0.239. The van der Waals surface area contributed by atoms with E-state index in [0.717, 1.165) is 34.5 Å². The number of nitrogens with zero attached hydrogens (tertiary/aromatic N) is 2. The van der Waals surface area contributed by atoms with Gasteiger partial charge in [0.2, 0.25) is 0 Å². The van der Waals surface area contributed by atoms with Gasteiger partial charge in [0.25, 0.3) is 0 Å². The molecule has 0 saturated carbocycles. The van der Waals surface area contributed by atoms with Crippen LogP contribution in [0.3, 0.4) is 0 Å². The first kappa shape index (κ1) is 31.5. The van der Waals surface area contributed by atoms with Crippen LogP contribution in [0.2, 0.25) is 0 Å². The minimum absolute atomic E-state index is 0.239. The Balaban J connectivity index is 1.08. The van der Waals surface area contributed by atoms with Gasteiger partial charge < -0.3 is 0 Å². The van der Waals surface area contributed by atoms with E-state index in [-0.39, 0.29) is 5.92 Å². The van der Waals surface area contributed by atoms with E-state index in [1.807, 2.05) is 0 Å². The van der Waals surface area contributed by atoms with E-state index in [4.69, 9.17) is 4.98 Å². The van der Waals surface area contributed by atoms with E-state index in [1.54, 1.807) is 0 Å². The molecular formula is C53H36N2. The van der Waals surface area contributed by atoms with Crippen molar-refractivity contribution in [1.29, 1.82) is 0 Å². The van der Waals surface area contributed by atoms with Crippen molar-refractivity contribution in [1.82, 2.24) is 9.55 Å². The fraction of sp³-hybridized carbons (Fsp3) is 0.0377. The fourth-order valence-corrected chi connectivity index (χ4v) is 8.83. The van der Waals surface area contributed by atoms with Crippen LogP contribution in [0.1, 0.15) is 23.7 Å². The third kappa shape index (κ3) is 5.29. The summed E-state index contributed by atoms with van der Waals surface area (Å²) in [5.74, 6) is 1.22. The first-order valence-corrected chi connectivity index (χ1v) is 19.2. The normalized spacial score (nSPS) is 14.3. The standard InChI is InChI=1S/C53H36N2/c1-2-16-44(17-3-1)55-50-21-11-10-20-49(50)54-53(55)38-26-22-37(23-27-38)41-30-31-47-48(34-41)52(43-29-25-36-13-5-7-15-40(36)33-43)46-19-9-8-18-45(46)51(47)42-28-24-35-12-4-6-14-39(35)32-42/h1-22,24-34,37H,23H2. The summed E-state index contributed by atoms with van der Waals surface area (Å²) in [4.78, 5) is 5.15. The largest absolute Gasteiger partial charge is 0.292 e. The first-order valence-electron chi connectivity index (χ1n) is 19.2. The average molecular weight is 701 g/mol. The molecule has 0 amide bonds. The first-order chi connectivity index (χ1) is 27.3. The van der Waals surface area contributed by atoms with Crippen molar-refractivity contribution in [2.24, 2.45) is 0 Å². The molecule has 10 aromatic rings. The summed E-state index contributed by atoms with van der Waals surface area (Å²) < 4.78 is 2.29. The molecule has 0 bridgehead atoms. The second-order valence-electron chi connectivity index (χ2n) is 14.7. The van der Waals surface area contributed by atoms with Crippen LogP contribution in [-0.4, -0.2) is 9.55 Å². The second kappa shape index (κ2) is 12.8. The fourth-order valence-electron chi connectivity index (χ4n) is 8.83. The highest BCUT2D eigenvalue weighted by Crippen LogP contribution is 2.46. The number of fused-ring (bicyclic) bond motifs is 5. The van der Waals surface area contributed by atoms with Crippen molar-refractivity contribution in [3.05, 3.63) is 212 Å². The van der Waals surface area contributed by atoms with Crippen LogP contribution < -0.4 is 0 Å². The zero-order valence-electron chi connectivity index (χ0n) is 30.2. The summed E-state index contributed by atoms with van der Waals surface area (Å²) in [6.07, 6.45) is 7.93. The predicted octanol–water partition coefficient (Wildman–Crippen LogP) is 14.1. The summed E-state index contributed by atoms with van der Waals surface area (Å²) in [6, 6.07) is 66.4. The summed E-state index contributed by atoms with van der Waals surface area (Å²) in [5, 5.41) is 10.1. The van der Waals surface area contributed by atoms with Crippen molar-refractivity contribution in [3.8, 4) is 27.9 Å². The van der Waals surface area contributed by atoms with Crippen molar-refractivity contribution < 1.29 is 0 Å². The van der Waals surface area contributed by atoms with E-state index in [2.05, 4.69) is 205 Å². The van der Waals surface area contributed by atoms with Crippen molar-refractivity contribution in [3.63, 3.8) is 0 Å². The van der Waals surface area contributed by atoms with Crippen molar-refractivity contribution >= 4 is 59.7 Å². The summed E-state index contributed by atoms with van der Waals surface area (Å²) >= 11 is 0. The third-order valence-corrected chi connectivity index (χ3v) is 11.5. The van der Waals surface area contributed by atoms with Crippen LogP contribution >= 0.6 is 0 Å². The second-order valence-corrected chi connectivity index (χ2v) is 14.7. The number of imidazole rings is 1. The maximum absolute atomic E-state index is 5.15. The Bertz CT molecular complexity index is 3180. The van der Waals surface area contributed by atoms with E-state index in [1.165, 1.54) is 70.9 Å². The average Bonchev–Trinajstić information content (AvgIpc) is 3.65. The van der Waals surface area contributed by atoms with Crippen LogP contribution in [0.4, 0.5) is 0 Å². The highest BCUT2D eigenvalue weighted by molar-refractivity contribution is 6.22. The van der Waals surface area contributed by atoms with Crippen LogP contribution in [0, 0.1) is 0 Å². The molecule has 0 aliphatic heterocycles. The molecule has 1 aliphatic carbocycles. The molecule has 0 fully saturated rings. The molecule has 1 aromatic heterocycles. The van der Waals surface area contributed by atoms with Crippen LogP contribution in [0.5, 0.6) is 0 Å². The molecule has 1 atom stereocenters. The minimum Gasteiger partial charge on any atom is -0.292 e. The quantitative estimate of drug-likeness (QED) is 0.163. The number of hydrogen-bond acceptors (Lipinski definition) is 1. The van der Waals surface area contributed by atoms with E-state index >= 15 is 0 Å². The van der Waals surface area contributed by atoms with E-state index in [0.29, 0.717) is 0 Å². The Labute approximate surface area is 320 Å². The molecule has 2 nitrogen and oxygen atoms in total. The molecule has 9 aromatic carbocycles. The maximum atomic E-state index is 5.15. The number of aromatic nitrogens is 2. The van der Waals surface area contributed by atoms with Crippen molar-refractivity contribution in [2.75, 3.05) is 0 Å². The Morgan fingerprint density at radius 1 is 0.473 bits per heavy atom. The van der Waals surface area contributed by atoms with Crippen LogP contribution in [-0.2, 0) is 0 Å². The number of para-hydroxylation sites is 3. The molecule has 1 heterocycles. The van der Waals surface area contributed by atoms with Gasteiger partial charge in [0.15, 0.2) is 0 Å². The summed E-state index contributed by atoms with van der Waals surface area (Å²) in [7, 11) is 0. The van der Waals surface area contributed by atoms with Crippen LogP contribution in [0.25, 0.3) is 87.6 Å². The molecule has 0 radical (unpaired) electrons. The molecular weight excluding hydrogens is 665 g/mol. The zero-order valence-corrected chi connectivity index (χ0v) is 30.2. The smallest absolute Gasteiger partial charge is 0.145 e. The lowest BCUT2D eigenvalue weighted by Gasteiger charge is -2.22. The van der Waals surface area contributed by atoms with Gasteiger partial charge >= 0.3 is 0 Å². The molecule has 0 N–H and O–H groups in total. The van der Waals surface area contributed by atoms with Gasteiger partial charge in [0.1, 0.15) is 5.82 Å². The van der Waals surface area contributed by atoms with Gasteiger partial charge in [0.05, 0.1) is 11.0 Å². The predicted molar refractivity (Wildman–Crippen MR) is 233 cm³/mol. The lowest BCUT2D eigenvalue weighted by Crippen LogP contribution is -2.04. The summed E-state index contributed by atoms with van der Waals surface area (Å²) in [6.45, 7) is 0. The molecule has 55 heavy (non-hydrogen) atoms. The highest BCUT2D eigenvalue weighted by atomic mass is 15.1. The third-order valence-electron chi connectivity index (χ3n) is 11.5. The van der Waals surface area contributed by atoms with Gasteiger partial charge in [-0.1, -0.05) is 158 Å². The van der Waals surface area contributed by atoms with Gasteiger partial charge in [0, 0.05) is 17.2 Å². The number of rotatable bonds is 5. The Kier molecular flexibility index (Phi) is 7.34. The Morgan fingerprint density at radius 3 is 1.73 bits per heavy atom. The topological polar surface area (TPSA) is 17.8 Å². The molecule has 2 heteroatoms. The highest BCUT2D eigenvalue weighted by Gasteiger charge is 2.22. The number of benzene rings is 9. The molecule has 1 unspecified atom stereocenters. The Hall–Kier alpha value is -7.03. The summed E-state index contributed by atoms with van der Waals surface area (Å²) in [5.41, 5.74) is 10.8. The lowest BCUT2D eigenvalue weighted by atomic mass is 9.82. The molecule has 1 aliphatic rings. The van der Waals surface area contributed by atoms with E-state index < -0.39 is 0 Å². The van der Waals surface area contributed by atoms with Gasteiger partial charge in [-0.3, -0.25) is 4.57 Å². The maximum Gasteiger partial charge on any atom is 0.145 e. The zero-order chi connectivity index (χ0) is 36.3. The molecule has 11 rings (SSSR count). The number of allylic oxidation sites excluding steroid dienone is 4. The van der Waals surface area contributed by atoms with Gasteiger partial charge in [-0.25, -0.2) is 4.98 Å². The monoisotopic (exact) mass is 700 g/mol. The van der Waals surface area contributed by atoms with Gasteiger partial charge in [-0.05, 0) is 120 Å². The Morgan fingerprint density at radius 2 is 1.05 bits per heavy atom. The molecule has 258 valence electrons. The van der Waals surface area contributed by atoms with Gasteiger partial charge in [-0.2, -0.15) is 0 Å². The van der Waals surface area contributed by atoms with Gasteiger partial charge in [-0.15, -0.1) is 0 Å². The number of hydrogen-bond donors (Lipinski definition) is 0. The van der Waals surface area contributed by atoms with Crippen molar-refractivity contribution in [2.45, 2.75) is 12.3 Å². The SMILES string of the molecule is C1=CC(c2ccc3c(-c4ccc5ccccc5c4)c4ccccc4c(-c4ccc5ccccc5c4)c3c2)CC=C1c1nc2ccccc2n1-c1ccccc1. The molecule has 0 spiro atoms. The van der Waals surface area contributed by atoms with Crippen LogP contribution in [0.15, 0.2) is 200 Å². The lowest BCUT2D eigenvalue weighted by molar-refractivity contribution is 0.855. The van der Waals surface area contributed by atoms with E-state index in [9.17, 15) is 0 Å².